The number of aromatic nitrogens is 4. The SMILES string of the molecule is CC(N)(COC1CCC1)c1noc(-c2cnns2)n1. The highest BCUT2D eigenvalue weighted by atomic mass is 32.1. The molecule has 1 atom stereocenters. The lowest BCUT2D eigenvalue weighted by atomic mass is 9.95. The molecule has 2 aromatic rings. The van der Waals surface area contributed by atoms with E-state index in [2.05, 4.69) is 19.7 Å². The van der Waals surface area contributed by atoms with Gasteiger partial charge in [-0.15, -0.1) is 5.10 Å². The number of hydrogen-bond acceptors (Lipinski definition) is 8. The van der Waals surface area contributed by atoms with Crippen molar-refractivity contribution in [1.29, 1.82) is 0 Å². The molecule has 0 spiro atoms. The van der Waals surface area contributed by atoms with Gasteiger partial charge in [0.15, 0.2) is 5.82 Å². The van der Waals surface area contributed by atoms with Gasteiger partial charge in [-0.1, -0.05) is 9.64 Å². The van der Waals surface area contributed by atoms with Crippen LogP contribution in [0, 0.1) is 0 Å². The van der Waals surface area contributed by atoms with E-state index in [1.165, 1.54) is 18.0 Å². The largest absolute Gasteiger partial charge is 0.376 e. The molecule has 2 heterocycles. The Morgan fingerprint density at radius 3 is 3.05 bits per heavy atom. The van der Waals surface area contributed by atoms with Crippen molar-refractivity contribution >= 4 is 11.5 Å². The summed E-state index contributed by atoms with van der Waals surface area (Å²) in [5.74, 6) is 0.834. The normalized spacial score (nSPS) is 19.1. The Hall–Kier alpha value is -1.38. The number of nitrogens with zero attached hydrogens (tertiary/aromatic N) is 4. The van der Waals surface area contributed by atoms with Crippen LogP contribution in [0.1, 0.15) is 32.0 Å². The summed E-state index contributed by atoms with van der Waals surface area (Å²) >= 11 is 1.20. The van der Waals surface area contributed by atoms with E-state index in [4.69, 9.17) is 15.0 Å². The number of ether oxygens (including phenoxy) is 1. The zero-order valence-corrected chi connectivity index (χ0v) is 11.4. The molecule has 1 aliphatic rings. The molecule has 102 valence electrons. The quantitative estimate of drug-likeness (QED) is 0.882. The maximum absolute atomic E-state index is 6.19. The summed E-state index contributed by atoms with van der Waals surface area (Å²) in [6.45, 7) is 2.23. The zero-order valence-electron chi connectivity index (χ0n) is 10.6. The highest BCUT2D eigenvalue weighted by Crippen LogP contribution is 2.26. The molecule has 2 aromatic heterocycles. The molecular formula is C11H15N5O2S. The van der Waals surface area contributed by atoms with E-state index in [-0.39, 0.29) is 0 Å². The second-order valence-electron chi connectivity index (χ2n) is 4.99. The Morgan fingerprint density at radius 2 is 2.42 bits per heavy atom. The first-order valence-electron chi connectivity index (χ1n) is 6.17. The van der Waals surface area contributed by atoms with Gasteiger partial charge in [0, 0.05) is 0 Å². The third kappa shape index (κ3) is 2.65. The molecule has 0 bridgehead atoms. The maximum atomic E-state index is 6.19. The fourth-order valence-electron chi connectivity index (χ4n) is 1.71. The monoisotopic (exact) mass is 281 g/mol. The lowest BCUT2D eigenvalue weighted by molar-refractivity contribution is -0.0222. The minimum absolute atomic E-state index is 0.333. The Kier molecular flexibility index (Phi) is 3.29. The van der Waals surface area contributed by atoms with E-state index in [9.17, 15) is 0 Å². The minimum Gasteiger partial charge on any atom is -0.376 e. The molecular weight excluding hydrogens is 266 g/mol. The summed E-state index contributed by atoms with van der Waals surface area (Å²) in [6, 6.07) is 0. The summed E-state index contributed by atoms with van der Waals surface area (Å²) < 4.78 is 14.7. The Labute approximate surface area is 114 Å². The third-order valence-electron chi connectivity index (χ3n) is 3.18. The summed E-state index contributed by atoms with van der Waals surface area (Å²) in [4.78, 5) is 5.02. The van der Waals surface area contributed by atoms with Crippen molar-refractivity contribution < 1.29 is 9.26 Å². The van der Waals surface area contributed by atoms with Gasteiger partial charge in [-0.25, -0.2) is 0 Å². The summed E-state index contributed by atoms with van der Waals surface area (Å²) in [5, 5.41) is 7.66. The van der Waals surface area contributed by atoms with Gasteiger partial charge in [0.2, 0.25) is 0 Å². The summed E-state index contributed by atoms with van der Waals surface area (Å²) in [6.07, 6.45) is 5.37. The first-order valence-corrected chi connectivity index (χ1v) is 6.95. The molecule has 8 heteroatoms. The average molecular weight is 281 g/mol. The average Bonchev–Trinajstić information content (AvgIpc) is 2.98. The van der Waals surface area contributed by atoms with Crippen LogP contribution in [0.25, 0.3) is 10.8 Å². The van der Waals surface area contributed by atoms with Crippen molar-refractivity contribution in [1.82, 2.24) is 19.7 Å². The Bertz CT molecular complexity index is 535. The van der Waals surface area contributed by atoms with Crippen LogP contribution in [-0.4, -0.2) is 32.4 Å². The van der Waals surface area contributed by atoms with Gasteiger partial charge < -0.3 is 15.0 Å². The Balaban J connectivity index is 1.69. The van der Waals surface area contributed by atoms with Crippen molar-refractivity contribution in [2.45, 2.75) is 37.8 Å². The van der Waals surface area contributed by atoms with Crippen LogP contribution in [0.3, 0.4) is 0 Å². The van der Waals surface area contributed by atoms with Crippen LogP contribution in [0.4, 0.5) is 0 Å². The van der Waals surface area contributed by atoms with Crippen LogP contribution in [0.5, 0.6) is 0 Å². The number of hydrogen-bond donors (Lipinski definition) is 1. The topological polar surface area (TPSA) is 100.0 Å². The van der Waals surface area contributed by atoms with E-state index in [1.807, 2.05) is 6.92 Å². The van der Waals surface area contributed by atoms with E-state index in [1.54, 1.807) is 6.20 Å². The molecule has 1 fully saturated rings. The highest BCUT2D eigenvalue weighted by Gasteiger charge is 2.31. The van der Waals surface area contributed by atoms with Crippen LogP contribution in [-0.2, 0) is 10.3 Å². The Morgan fingerprint density at radius 1 is 1.58 bits per heavy atom. The van der Waals surface area contributed by atoms with Gasteiger partial charge in [0.25, 0.3) is 5.89 Å². The highest BCUT2D eigenvalue weighted by molar-refractivity contribution is 7.09. The molecule has 1 unspecified atom stereocenters. The molecule has 2 N–H and O–H groups in total. The van der Waals surface area contributed by atoms with Gasteiger partial charge in [-0.05, 0) is 37.7 Å². The predicted molar refractivity (Wildman–Crippen MR) is 68.3 cm³/mol. The van der Waals surface area contributed by atoms with Crippen LogP contribution in [0.15, 0.2) is 10.7 Å². The van der Waals surface area contributed by atoms with Crippen LogP contribution < -0.4 is 5.73 Å². The zero-order chi connectivity index (χ0) is 13.3. The van der Waals surface area contributed by atoms with Crippen molar-refractivity contribution in [2.24, 2.45) is 5.73 Å². The first kappa shape index (κ1) is 12.6. The van der Waals surface area contributed by atoms with E-state index in [0.717, 1.165) is 17.7 Å². The van der Waals surface area contributed by atoms with Gasteiger partial charge in [-0.3, -0.25) is 0 Å². The second-order valence-corrected chi connectivity index (χ2v) is 5.77. The molecule has 0 amide bonds. The molecule has 0 saturated heterocycles. The second kappa shape index (κ2) is 4.95. The molecule has 7 nitrogen and oxygen atoms in total. The van der Waals surface area contributed by atoms with Crippen LogP contribution in [0.2, 0.25) is 0 Å². The van der Waals surface area contributed by atoms with Crippen molar-refractivity contribution in [3.63, 3.8) is 0 Å². The van der Waals surface area contributed by atoms with Gasteiger partial charge >= 0.3 is 0 Å². The number of nitrogens with two attached hydrogens (primary N) is 1. The standard InChI is InChI=1S/C11H15N5O2S/c1-11(12,6-17-7-3-2-4-7)10-14-9(18-15-10)8-5-13-16-19-8/h5,7H,2-4,6,12H2,1H3. The third-order valence-corrected chi connectivity index (χ3v) is 3.83. The maximum Gasteiger partial charge on any atom is 0.271 e. The molecule has 1 saturated carbocycles. The molecule has 0 radical (unpaired) electrons. The van der Waals surface area contributed by atoms with E-state index < -0.39 is 5.54 Å². The van der Waals surface area contributed by atoms with Gasteiger partial charge in [-0.2, -0.15) is 4.98 Å². The lowest BCUT2D eigenvalue weighted by Crippen LogP contribution is -2.41. The summed E-state index contributed by atoms with van der Waals surface area (Å²) in [5.41, 5.74) is 5.44. The predicted octanol–water partition coefficient (Wildman–Crippen LogP) is 1.33. The van der Waals surface area contributed by atoms with E-state index >= 15 is 0 Å². The van der Waals surface area contributed by atoms with Crippen molar-refractivity contribution in [2.75, 3.05) is 6.61 Å². The fourth-order valence-corrected chi connectivity index (χ4v) is 2.15. The number of rotatable bonds is 5. The molecule has 19 heavy (non-hydrogen) atoms. The van der Waals surface area contributed by atoms with Gasteiger partial charge in [0.05, 0.1) is 18.9 Å². The lowest BCUT2D eigenvalue weighted by Gasteiger charge is -2.29. The van der Waals surface area contributed by atoms with E-state index in [0.29, 0.717) is 24.4 Å². The summed E-state index contributed by atoms with van der Waals surface area (Å²) in [7, 11) is 0. The van der Waals surface area contributed by atoms with Gasteiger partial charge in [0.1, 0.15) is 10.4 Å². The van der Waals surface area contributed by atoms with Crippen LogP contribution >= 0.6 is 11.5 Å². The molecule has 1 aliphatic carbocycles. The smallest absolute Gasteiger partial charge is 0.271 e. The molecule has 0 aliphatic heterocycles. The minimum atomic E-state index is -0.755. The first-order chi connectivity index (χ1) is 9.15. The fraction of sp³-hybridized carbons (Fsp3) is 0.636. The van der Waals surface area contributed by atoms with Crippen molar-refractivity contribution in [3.8, 4) is 10.8 Å². The van der Waals surface area contributed by atoms with Crippen molar-refractivity contribution in [3.05, 3.63) is 12.0 Å². The molecule has 3 rings (SSSR count). The molecule has 0 aromatic carbocycles.